The van der Waals surface area contributed by atoms with Crippen LogP contribution < -0.4 is 4.90 Å². The molecule has 2 aliphatic heterocycles. The van der Waals surface area contributed by atoms with E-state index in [0.29, 0.717) is 11.5 Å². The second-order valence-corrected chi connectivity index (χ2v) is 9.15. The average Bonchev–Trinajstić information content (AvgIpc) is 2.84. The Labute approximate surface area is 189 Å². The molecule has 2 fully saturated rings. The van der Waals surface area contributed by atoms with Crippen molar-refractivity contribution >= 4 is 22.5 Å². The second-order valence-electron chi connectivity index (χ2n) is 9.15. The molecule has 2 aromatic carbocycles. The fraction of sp³-hybridized carbons (Fsp3) is 0.407. The van der Waals surface area contributed by atoms with Crippen LogP contribution in [0.3, 0.4) is 0 Å². The maximum Gasteiger partial charge on any atom is 0.257 e. The van der Waals surface area contributed by atoms with Crippen molar-refractivity contribution in [2.75, 3.05) is 31.1 Å². The number of rotatable bonds is 4. The number of likely N-dealkylation sites (tertiary alicyclic amines) is 1. The predicted octanol–water partition coefficient (Wildman–Crippen LogP) is 5.46. The number of piperidine rings is 2. The first-order valence-electron chi connectivity index (χ1n) is 11.9. The molecule has 0 atom stereocenters. The molecule has 0 aliphatic carbocycles. The van der Waals surface area contributed by atoms with Gasteiger partial charge in [-0.15, -0.1) is 0 Å². The second kappa shape index (κ2) is 9.27. The Hall–Kier alpha value is -2.95. The molecule has 5 heteroatoms. The van der Waals surface area contributed by atoms with Crippen LogP contribution in [0, 0.1) is 11.7 Å². The number of carbonyl (C=O) groups is 1. The van der Waals surface area contributed by atoms with Gasteiger partial charge in [0, 0.05) is 37.8 Å². The maximum absolute atomic E-state index is 14.2. The monoisotopic (exact) mass is 431 g/mol. The van der Waals surface area contributed by atoms with E-state index in [1.165, 1.54) is 18.1 Å². The number of fused-ring (bicyclic) bond motifs is 1. The molecule has 2 saturated heterocycles. The van der Waals surface area contributed by atoms with Crippen molar-refractivity contribution in [3.8, 4) is 0 Å². The van der Waals surface area contributed by atoms with Gasteiger partial charge in [-0.05, 0) is 68.2 Å². The number of carbonyl (C=O) groups excluding carboxylic acids is 1. The Morgan fingerprint density at radius 2 is 1.72 bits per heavy atom. The minimum absolute atomic E-state index is 0.0322. The smallest absolute Gasteiger partial charge is 0.257 e. The Kier molecular flexibility index (Phi) is 6.06. The van der Waals surface area contributed by atoms with E-state index < -0.39 is 0 Å². The summed E-state index contributed by atoms with van der Waals surface area (Å²) in [6, 6.07) is 15.3. The molecule has 4 nitrogen and oxygen atoms in total. The molecule has 0 spiro atoms. The minimum atomic E-state index is -0.290. The fourth-order valence-electron chi connectivity index (χ4n) is 5.22. The van der Waals surface area contributed by atoms with Gasteiger partial charge in [-0.1, -0.05) is 30.3 Å². The molecule has 1 aromatic heterocycles. The van der Waals surface area contributed by atoms with Crippen molar-refractivity contribution in [1.82, 2.24) is 9.88 Å². The van der Waals surface area contributed by atoms with Crippen LogP contribution in [0.2, 0.25) is 0 Å². The summed E-state index contributed by atoms with van der Waals surface area (Å²) >= 11 is 0. The van der Waals surface area contributed by atoms with Crippen molar-refractivity contribution < 1.29 is 9.18 Å². The van der Waals surface area contributed by atoms with Gasteiger partial charge >= 0.3 is 0 Å². The molecule has 0 saturated carbocycles. The standard InChI is InChI=1S/C27H30FN3O/c28-22-9-10-25-23(18-22)26(24(19-29-25)27(32)31-13-5-2-6-14-31)30-15-11-21(12-16-30)17-20-7-3-1-4-8-20/h1,3-4,7-10,18-19,21H,2,5-6,11-17H2. The summed E-state index contributed by atoms with van der Waals surface area (Å²) in [5.74, 6) is 0.367. The van der Waals surface area contributed by atoms with Gasteiger partial charge in [0.2, 0.25) is 0 Å². The van der Waals surface area contributed by atoms with Gasteiger partial charge in [-0.3, -0.25) is 9.78 Å². The number of halogens is 1. The first-order chi connectivity index (χ1) is 15.7. The van der Waals surface area contributed by atoms with Crippen molar-refractivity contribution in [1.29, 1.82) is 0 Å². The molecule has 0 N–H and O–H groups in total. The molecule has 3 aromatic rings. The fourth-order valence-corrected chi connectivity index (χ4v) is 5.22. The summed E-state index contributed by atoms with van der Waals surface area (Å²) in [5.41, 5.74) is 3.60. The predicted molar refractivity (Wildman–Crippen MR) is 127 cm³/mol. The first-order valence-corrected chi connectivity index (χ1v) is 11.9. The highest BCUT2D eigenvalue weighted by Crippen LogP contribution is 2.35. The van der Waals surface area contributed by atoms with Gasteiger partial charge in [0.15, 0.2) is 0 Å². The zero-order valence-electron chi connectivity index (χ0n) is 18.5. The highest BCUT2D eigenvalue weighted by molar-refractivity contribution is 6.07. The Morgan fingerprint density at radius 3 is 2.47 bits per heavy atom. The molecule has 166 valence electrons. The third kappa shape index (κ3) is 4.34. The third-order valence-corrected chi connectivity index (χ3v) is 6.97. The molecule has 32 heavy (non-hydrogen) atoms. The van der Waals surface area contributed by atoms with E-state index in [1.807, 2.05) is 4.90 Å². The molecular weight excluding hydrogens is 401 g/mol. The van der Waals surface area contributed by atoms with Crippen LogP contribution in [-0.2, 0) is 6.42 Å². The first kappa shape index (κ1) is 20.9. The van der Waals surface area contributed by atoms with Crippen molar-refractivity contribution in [3.63, 3.8) is 0 Å². The number of pyridine rings is 1. The van der Waals surface area contributed by atoms with Crippen molar-refractivity contribution in [2.24, 2.45) is 5.92 Å². The number of hydrogen-bond donors (Lipinski definition) is 0. The van der Waals surface area contributed by atoms with Gasteiger partial charge in [-0.2, -0.15) is 0 Å². The van der Waals surface area contributed by atoms with E-state index >= 15 is 0 Å². The van der Waals surface area contributed by atoms with E-state index in [0.717, 1.165) is 74.9 Å². The van der Waals surface area contributed by atoms with Crippen LogP contribution in [-0.4, -0.2) is 42.0 Å². The molecule has 2 aliphatic rings. The van der Waals surface area contributed by atoms with Gasteiger partial charge < -0.3 is 9.80 Å². The number of amides is 1. The Bertz CT molecular complexity index is 1090. The van der Waals surface area contributed by atoms with Crippen LogP contribution in [0.4, 0.5) is 10.1 Å². The lowest BCUT2D eigenvalue weighted by atomic mass is 9.89. The van der Waals surface area contributed by atoms with E-state index in [4.69, 9.17) is 0 Å². The van der Waals surface area contributed by atoms with E-state index in [9.17, 15) is 9.18 Å². The minimum Gasteiger partial charge on any atom is -0.370 e. The van der Waals surface area contributed by atoms with Crippen LogP contribution in [0.5, 0.6) is 0 Å². The summed E-state index contributed by atoms with van der Waals surface area (Å²) in [6.07, 6.45) is 8.18. The molecular formula is C27H30FN3O. The maximum atomic E-state index is 14.2. The molecule has 5 rings (SSSR count). The lowest BCUT2D eigenvalue weighted by Crippen LogP contribution is -2.39. The molecule has 1 amide bonds. The molecule has 0 bridgehead atoms. The largest absolute Gasteiger partial charge is 0.370 e. The third-order valence-electron chi connectivity index (χ3n) is 6.97. The summed E-state index contributed by atoms with van der Waals surface area (Å²) in [5, 5.41) is 0.745. The van der Waals surface area contributed by atoms with Crippen molar-refractivity contribution in [2.45, 2.75) is 38.5 Å². The molecule has 0 radical (unpaired) electrons. The van der Waals surface area contributed by atoms with Crippen LogP contribution in [0.25, 0.3) is 10.9 Å². The van der Waals surface area contributed by atoms with Gasteiger partial charge in [-0.25, -0.2) is 4.39 Å². The Balaban J connectivity index is 1.44. The molecule has 3 heterocycles. The SMILES string of the molecule is O=C(c1cnc2ccc(F)cc2c1N1CCC(Cc2ccccc2)CC1)N1CCCCC1. The van der Waals surface area contributed by atoms with Gasteiger partial charge in [0.05, 0.1) is 16.8 Å². The number of benzene rings is 2. The van der Waals surface area contributed by atoms with E-state index in [2.05, 4.69) is 40.2 Å². The lowest BCUT2D eigenvalue weighted by molar-refractivity contribution is 0.0724. The highest BCUT2D eigenvalue weighted by Gasteiger charge is 2.28. The van der Waals surface area contributed by atoms with Gasteiger partial charge in [0.25, 0.3) is 5.91 Å². The summed E-state index contributed by atoms with van der Waals surface area (Å²) in [7, 11) is 0. The zero-order chi connectivity index (χ0) is 21.9. The lowest BCUT2D eigenvalue weighted by Gasteiger charge is -2.36. The Morgan fingerprint density at radius 1 is 0.969 bits per heavy atom. The van der Waals surface area contributed by atoms with Gasteiger partial charge in [0.1, 0.15) is 5.82 Å². The summed E-state index contributed by atoms with van der Waals surface area (Å²) in [4.78, 5) is 22.2. The van der Waals surface area contributed by atoms with Crippen LogP contribution >= 0.6 is 0 Å². The normalized spacial score (nSPS) is 17.7. The molecule has 0 unspecified atom stereocenters. The summed E-state index contributed by atoms with van der Waals surface area (Å²) < 4.78 is 14.2. The van der Waals surface area contributed by atoms with Crippen molar-refractivity contribution in [3.05, 3.63) is 71.7 Å². The number of anilines is 1. The number of nitrogens with zero attached hydrogens (tertiary/aromatic N) is 3. The quantitative estimate of drug-likeness (QED) is 0.550. The zero-order valence-corrected chi connectivity index (χ0v) is 18.5. The van der Waals surface area contributed by atoms with Crippen LogP contribution in [0.15, 0.2) is 54.7 Å². The summed E-state index contributed by atoms with van der Waals surface area (Å²) in [6.45, 7) is 3.32. The van der Waals surface area contributed by atoms with E-state index in [-0.39, 0.29) is 11.7 Å². The van der Waals surface area contributed by atoms with Crippen LogP contribution in [0.1, 0.15) is 48.0 Å². The number of aromatic nitrogens is 1. The number of hydrogen-bond acceptors (Lipinski definition) is 3. The van der Waals surface area contributed by atoms with E-state index in [1.54, 1.807) is 18.3 Å². The average molecular weight is 432 g/mol. The topological polar surface area (TPSA) is 36.4 Å². The highest BCUT2D eigenvalue weighted by atomic mass is 19.1.